The highest BCUT2D eigenvalue weighted by Crippen LogP contribution is 2.44. The molecule has 3 heterocycles. The first-order valence-corrected chi connectivity index (χ1v) is 18.5. The standard InChI is InChI=1S/C22H24ClNO3.C19H14ClF2NO5/c1-14(2)13-15-7-9-16(10-8-15)21(25)24-19(11-12-20(24)22(26)27)17-5-3-4-6-18(17)23;20-12-4-2-1-3-11(12)13-6-7-14(18(25)26)23(13)17(24)10-5-8-15-16(9-10)28-19(21,22)27-15/h3-10,14,19-20H,11-13H2,1-2H3,(H,26,27);1-5,8-9,13-14H,6-7H2,(H,25,26)/t19-,20+;13-,14+/m11/s1. The molecule has 2 N–H and O–H groups in total. The van der Waals surface area contributed by atoms with Crippen molar-refractivity contribution in [2.24, 2.45) is 5.92 Å². The Labute approximate surface area is 326 Å². The maximum atomic E-state index is 13.2. The Morgan fingerprint density at radius 1 is 0.691 bits per heavy atom. The van der Waals surface area contributed by atoms with E-state index in [1.165, 1.54) is 27.5 Å². The summed E-state index contributed by atoms with van der Waals surface area (Å²) in [7, 11) is 0. The molecule has 2 saturated heterocycles. The molecule has 3 aliphatic heterocycles. The van der Waals surface area contributed by atoms with Gasteiger partial charge in [-0.2, -0.15) is 0 Å². The van der Waals surface area contributed by atoms with Crippen molar-refractivity contribution >= 4 is 47.0 Å². The molecule has 55 heavy (non-hydrogen) atoms. The third-order valence-electron chi connectivity index (χ3n) is 9.83. The quantitative estimate of drug-likeness (QED) is 0.181. The highest BCUT2D eigenvalue weighted by atomic mass is 35.5. The molecule has 0 spiro atoms. The minimum absolute atomic E-state index is 0.0188. The number of halogens is 4. The Morgan fingerprint density at radius 2 is 1.15 bits per heavy atom. The number of likely N-dealkylation sites (tertiary alicyclic amines) is 2. The molecule has 0 aliphatic carbocycles. The second kappa shape index (κ2) is 16.3. The molecule has 7 rings (SSSR count). The van der Waals surface area contributed by atoms with Gasteiger partial charge >= 0.3 is 18.2 Å². The minimum Gasteiger partial charge on any atom is -0.480 e. The molecule has 0 bridgehead atoms. The van der Waals surface area contributed by atoms with Gasteiger partial charge in [0.05, 0.1) is 12.1 Å². The van der Waals surface area contributed by atoms with Crippen molar-refractivity contribution < 1.29 is 47.6 Å². The third-order valence-corrected chi connectivity index (χ3v) is 10.5. The minimum atomic E-state index is -3.80. The molecule has 10 nitrogen and oxygen atoms in total. The van der Waals surface area contributed by atoms with Gasteiger partial charge in [0.1, 0.15) is 12.1 Å². The lowest BCUT2D eigenvalue weighted by Gasteiger charge is -2.29. The molecule has 4 aromatic carbocycles. The Balaban J connectivity index is 0.000000187. The lowest BCUT2D eigenvalue weighted by Crippen LogP contribution is -2.41. The Kier molecular flexibility index (Phi) is 11.7. The van der Waals surface area contributed by atoms with Crippen LogP contribution in [0.3, 0.4) is 0 Å². The smallest absolute Gasteiger partial charge is 0.480 e. The zero-order valence-corrected chi connectivity index (χ0v) is 31.3. The van der Waals surface area contributed by atoms with Crippen LogP contribution >= 0.6 is 23.2 Å². The third kappa shape index (κ3) is 8.55. The Hall–Kier alpha value is -5.20. The van der Waals surface area contributed by atoms with E-state index in [2.05, 4.69) is 23.3 Å². The summed E-state index contributed by atoms with van der Waals surface area (Å²) >= 11 is 12.6. The number of carboxylic acids is 2. The Morgan fingerprint density at radius 3 is 1.62 bits per heavy atom. The molecule has 4 atom stereocenters. The van der Waals surface area contributed by atoms with Gasteiger partial charge in [0.2, 0.25) is 0 Å². The van der Waals surface area contributed by atoms with Gasteiger partial charge in [0.15, 0.2) is 11.5 Å². The predicted molar refractivity (Wildman–Crippen MR) is 200 cm³/mol. The summed E-state index contributed by atoms with van der Waals surface area (Å²) in [5.74, 6) is -2.94. The van der Waals surface area contributed by atoms with E-state index in [1.54, 1.807) is 42.5 Å². The van der Waals surface area contributed by atoms with Gasteiger partial charge in [-0.1, -0.05) is 85.6 Å². The second-order valence-electron chi connectivity index (χ2n) is 14.0. The SMILES string of the molecule is CC(C)Cc1ccc(C(=O)N2[C@@H](c3ccccc3Cl)CC[C@H]2C(=O)O)cc1.O=C(O)[C@@H]1CC[C@H](c2ccccc2Cl)N1C(=O)c1ccc2c(c1)OC(F)(F)O2. The van der Waals surface area contributed by atoms with Crippen LogP contribution in [0, 0.1) is 5.92 Å². The van der Waals surface area contributed by atoms with E-state index in [-0.39, 0.29) is 35.4 Å². The molecular weight excluding hydrogens is 757 g/mol. The zero-order chi connectivity index (χ0) is 39.6. The summed E-state index contributed by atoms with van der Waals surface area (Å²) in [5.41, 5.74) is 3.12. The normalized spacial score (nSPS) is 20.9. The van der Waals surface area contributed by atoms with Crippen LogP contribution in [0.5, 0.6) is 11.5 Å². The maximum Gasteiger partial charge on any atom is 0.586 e. The summed E-state index contributed by atoms with van der Waals surface area (Å²) in [6.07, 6.45) is -1.20. The number of carboxylic acid groups (broad SMARTS) is 2. The van der Waals surface area contributed by atoms with Gasteiger partial charge in [-0.05, 0) is 97.2 Å². The first kappa shape index (κ1) is 39.5. The highest BCUT2D eigenvalue weighted by Gasteiger charge is 2.46. The summed E-state index contributed by atoms with van der Waals surface area (Å²) in [6.45, 7) is 4.30. The summed E-state index contributed by atoms with van der Waals surface area (Å²) in [6, 6.07) is 22.5. The van der Waals surface area contributed by atoms with E-state index in [0.29, 0.717) is 46.4 Å². The fourth-order valence-electron chi connectivity index (χ4n) is 7.41. The first-order chi connectivity index (χ1) is 26.1. The van der Waals surface area contributed by atoms with Gasteiger partial charge in [-0.15, -0.1) is 8.78 Å². The van der Waals surface area contributed by atoms with E-state index in [4.69, 9.17) is 23.2 Å². The summed E-state index contributed by atoms with van der Waals surface area (Å²) < 4.78 is 35.2. The van der Waals surface area contributed by atoms with Crippen LogP contribution < -0.4 is 9.47 Å². The molecule has 0 aromatic heterocycles. The molecule has 2 amide bonds. The van der Waals surface area contributed by atoms with Crippen LogP contribution in [0.4, 0.5) is 8.78 Å². The average Bonchev–Trinajstić information content (AvgIpc) is 3.86. The molecule has 2 fully saturated rings. The van der Waals surface area contributed by atoms with Crippen LogP contribution in [0.25, 0.3) is 0 Å². The lowest BCUT2D eigenvalue weighted by atomic mass is 10.0. The number of ether oxygens (including phenoxy) is 2. The fraction of sp³-hybridized carbons (Fsp3) is 0.317. The number of rotatable bonds is 8. The maximum absolute atomic E-state index is 13.2. The molecule has 4 aromatic rings. The van der Waals surface area contributed by atoms with Gasteiger partial charge in [-0.25, -0.2) is 9.59 Å². The van der Waals surface area contributed by atoms with Crippen LogP contribution in [-0.2, 0) is 16.0 Å². The molecule has 3 aliphatic rings. The van der Waals surface area contributed by atoms with Gasteiger partial charge in [0, 0.05) is 21.2 Å². The number of amides is 2. The van der Waals surface area contributed by atoms with E-state index < -0.39 is 42.3 Å². The number of nitrogens with zero attached hydrogens (tertiary/aromatic N) is 2. The number of carbonyl (C=O) groups is 4. The number of carbonyl (C=O) groups excluding carboxylic acids is 2. The van der Waals surface area contributed by atoms with Crippen molar-refractivity contribution in [3.05, 3.63) is 129 Å². The summed E-state index contributed by atoms with van der Waals surface area (Å²) in [4.78, 5) is 52.6. The van der Waals surface area contributed by atoms with Gasteiger partial charge in [0.25, 0.3) is 11.8 Å². The lowest BCUT2D eigenvalue weighted by molar-refractivity contribution is -0.286. The van der Waals surface area contributed by atoms with Crippen molar-refractivity contribution in [2.45, 2.75) is 76.4 Å². The van der Waals surface area contributed by atoms with Crippen molar-refractivity contribution in [2.75, 3.05) is 0 Å². The van der Waals surface area contributed by atoms with Gasteiger partial charge in [-0.3, -0.25) is 9.59 Å². The van der Waals surface area contributed by atoms with Crippen LogP contribution in [0.15, 0.2) is 91.0 Å². The number of alkyl halides is 2. The number of benzene rings is 4. The fourth-order valence-corrected chi connectivity index (χ4v) is 7.93. The largest absolute Gasteiger partial charge is 0.586 e. The monoisotopic (exact) mass is 794 g/mol. The van der Waals surface area contributed by atoms with Crippen molar-refractivity contribution in [3.63, 3.8) is 0 Å². The number of fused-ring (bicyclic) bond motifs is 1. The predicted octanol–water partition coefficient (Wildman–Crippen LogP) is 9.06. The molecule has 0 radical (unpaired) electrons. The van der Waals surface area contributed by atoms with E-state index in [1.807, 2.05) is 30.3 Å². The highest BCUT2D eigenvalue weighted by molar-refractivity contribution is 6.31. The van der Waals surface area contributed by atoms with Crippen LogP contribution in [0.2, 0.25) is 10.0 Å². The Bertz CT molecular complexity index is 2100. The zero-order valence-electron chi connectivity index (χ0n) is 29.8. The van der Waals surface area contributed by atoms with E-state index >= 15 is 0 Å². The second-order valence-corrected chi connectivity index (χ2v) is 14.8. The summed E-state index contributed by atoms with van der Waals surface area (Å²) in [5, 5.41) is 20.2. The van der Waals surface area contributed by atoms with Crippen LogP contribution in [-0.4, -0.2) is 62.1 Å². The number of hydrogen-bond donors (Lipinski definition) is 2. The molecule has 0 unspecified atom stereocenters. The molecule has 14 heteroatoms. The average molecular weight is 796 g/mol. The van der Waals surface area contributed by atoms with Crippen molar-refractivity contribution in [1.82, 2.24) is 9.80 Å². The number of aliphatic carboxylic acids is 2. The molecule has 0 saturated carbocycles. The first-order valence-electron chi connectivity index (χ1n) is 17.7. The van der Waals surface area contributed by atoms with Gasteiger partial charge < -0.3 is 29.5 Å². The topological polar surface area (TPSA) is 134 Å². The van der Waals surface area contributed by atoms with E-state index in [9.17, 15) is 38.2 Å². The molecular formula is C41H38Cl2F2N2O8. The van der Waals surface area contributed by atoms with Crippen LogP contribution in [0.1, 0.15) is 89.0 Å². The van der Waals surface area contributed by atoms with E-state index in [0.717, 1.165) is 18.1 Å². The number of hydrogen-bond acceptors (Lipinski definition) is 6. The molecule has 288 valence electrons. The van der Waals surface area contributed by atoms with Crippen molar-refractivity contribution in [1.29, 1.82) is 0 Å². The van der Waals surface area contributed by atoms with Crippen molar-refractivity contribution in [3.8, 4) is 11.5 Å².